The molecule has 0 saturated carbocycles. The van der Waals surface area contributed by atoms with Crippen molar-refractivity contribution in [3.8, 4) is 5.75 Å². The van der Waals surface area contributed by atoms with Gasteiger partial charge in [0, 0.05) is 17.3 Å². The van der Waals surface area contributed by atoms with E-state index in [1.807, 2.05) is 10.9 Å². The van der Waals surface area contributed by atoms with E-state index in [-0.39, 0.29) is 5.41 Å². The van der Waals surface area contributed by atoms with Crippen molar-refractivity contribution in [2.24, 2.45) is 5.41 Å². The summed E-state index contributed by atoms with van der Waals surface area (Å²) in [5.74, 6) is 0.884. The van der Waals surface area contributed by atoms with E-state index < -0.39 is 0 Å². The summed E-state index contributed by atoms with van der Waals surface area (Å²) in [6.45, 7) is 8.21. The Hall–Kier alpha value is -0.510. The third kappa shape index (κ3) is 4.30. The molecule has 1 heterocycles. The number of aryl methyl sites for hydroxylation is 1. The van der Waals surface area contributed by atoms with Crippen LogP contribution in [0.15, 0.2) is 12.4 Å². The fraction of sp³-hybridized carbons (Fsp3) is 0.786. The topological polar surface area (TPSA) is 27.1 Å². The molecule has 0 N–H and O–H groups in total. The summed E-state index contributed by atoms with van der Waals surface area (Å²) in [5, 5.41) is 5.24. The standard InChI is InChI=1S/C14H25BrN2O/c1-4-7-14(11-15,8-5-2)12-18-13-9-16-17(6-3)10-13/h9-10H,4-8,11-12H2,1-3H3. The molecular formula is C14H25BrN2O. The SMILES string of the molecule is CCCC(CBr)(CCC)COc1cnn(CC)c1. The van der Waals surface area contributed by atoms with Crippen molar-refractivity contribution in [3.63, 3.8) is 0 Å². The summed E-state index contributed by atoms with van der Waals surface area (Å²) in [6, 6.07) is 0. The van der Waals surface area contributed by atoms with E-state index in [2.05, 4.69) is 41.8 Å². The highest BCUT2D eigenvalue weighted by molar-refractivity contribution is 9.09. The van der Waals surface area contributed by atoms with E-state index in [0.29, 0.717) is 0 Å². The summed E-state index contributed by atoms with van der Waals surface area (Å²) in [7, 11) is 0. The predicted molar refractivity (Wildman–Crippen MR) is 79.4 cm³/mol. The minimum atomic E-state index is 0.262. The number of nitrogens with zero attached hydrogens (tertiary/aromatic N) is 2. The summed E-state index contributed by atoms with van der Waals surface area (Å²) in [6.07, 6.45) is 8.58. The van der Waals surface area contributed by atoms with Crippen LogP contribution >= 0.6 is 15.9 Å². The second-order valence-corrected chi connectivity index (χ2v) is 5.51. The number of hydrogen-bond acceptors (Lipinski definition) is 2. The average molecular weight is 317 g/mol. The van der Waals surface area contributed by atoms with Crippen molar-refractivity contribution in [1.29, 1.82) is 0 Å². The van der Waals surface area contributed by atoms with Crippen LogP contribution < -0.4 is 4.74 Å². The Balaban J connectivity index is 2.60. The Morgan fingerprint density at radius 1 is 1.28 bits per heavy atom. The second kappa shape index (κ2) is 7.82. The van der Waals surface area contributed by atoms with Crippen LogP contribution in [0.4, 0.5) is 0 Å². The normalized spacial score (nSPS) is 11.8. The third-order valence-corrected chi connectivity index (χ3v) is 4.51. The quantitative estimate of drug-likeness (QED) is 0.636. The lowest BCUT2D eigenvalue weighted by Gasteiger charge is -2.31. The molecule has 3 nitrogen and oxygen atoms in total. The zero-order valence-corrected chi connectivity index (χ0v) is 13.4. The molecule has 0 saturated heterocycles. The fourth-order valence-electron chi connectivity index (χ4n) is 2.33. The molecular weight excluding hydrogens is 292 g/mol. The van der Waals surface area contributed by atoms with Gasteiger partial charge in [0.1, 0.15) is 0 Å². The first-order chi connectivity index (χ1) is 8.69. The smallest absolute Gasteiger partial charge is 0.157 e. The van der Waals surface area contributed by atoms with Crippen LogP contribution in [0.1, 0.15) is 46.5 Å². The average Bonchev–Trinajstić information content (AvgIpc) is 2.84. The van der Waals surface area contributed by atoms with Crippen molar-refractivity contribution < 1.29 is 4.74 Å². The van der Waals surface area contributed by atoms with E-state index in [0.717, 1.165) is 24.2 Å². The van der Waals surface area contributed by atoms with Crippen molar-refractivity contribution in [2.75, 3.05) is 11.9 Å². The van der Waals surface area contributed by atoms with Crippen LogP contribution in [0.2, 0.25) is 0 Å². The highest BCUT2D eigenvalue weighted by Crippen LogP contribution is 2.32. The first kappa shape index (κ1) is 15.5. The number of ether oxygens (including phenoxy) is 1. The Bertz CT molecular complexity index is 332. The molecule has 104 valence electrons. The largest absolute Gasteiger partial charge is 0.490 e. The van der Waals surface area contributed by atoms with Gasteiger partial charge in [-0.05, 0) is 19.8 Å². The van der Waals surface area contributed by atoms with Crippen molar-refractivity contribution >= 4 is 15.9 Å². The van der Waals surface area contributed by atoms with Crippen molar-refractivity contribution in [2.45, 2.75) is 53.0 Å². The van der Waals surface area contributed by atoms with Gasteiger partial charge in [-0.15, -0.1) is 0 Å². The number of aromatic nitrogens is 2. The molecule has 18 heavy (non-hydrogen) atoms. The lowest BCUT2D eigenvalue weighted by Crippen LogP contribution is -2.30. The van der Waals surface area contributed by atoms with Crippen LogP contribution in [-0.2, 0) is 6.54 Å². The van der Waals surface area contributed by atoms with Gasteiger partial charge in [-0.2, -0.15) is 5.10 Å². The molecule has 0 amide bonds. The van der Waals surface area contributed by atoms with Gasteiger partial charge in [0.2, 0.25) is 0 Å². The first-order valence-corrected chi connectivity index (χ1v) is 8.03. The van der Waals surface area contributed by atoms with Gasteiger partial charge in [0.25, 0.3) is 0 Å². The zero-order valence-electron chi connectivity index (χ0n) is 11.8. The highest BCUT2D eigenvalue weighted by Gasteiger charge is 2.28. The molecule has 4 heteroatoms. The lowest BCUT2D eigenvalue weighted by atomic mass is 9.82. The highest BCUT2D eigenvalue weighted by atomic mass is 79.9. The molecule has 1 aromatic rings. The van der Waals surface area contributed by atoms with Crippen molar-refractivity contribution in [3.05, 3.63) is 12.4 Å². The molecule has 0 radical (unpaired) electrons. The molecule has 0 aliphatic carbocycles. The minimum absolute atomic E-state index is 0.262. The lowest BCUT2D eigenvalue weighted by molar-refractivity contribution is 0.144. The minimum Gasteiger partial charge on any atom is -0.490 e. The monoisotopic (exact) mass is 316 g/mol. The van der Waals surface area contributed by atoms with Gasteiger partial charge in [0.05, 0.1) is 19.0 Å². The van der Waals surface area contributed by atoms with E-state index in [9.17, 15) is 0 Å². The maximum absolute atomic E-state index is 5.94. The molecule has 0 spiro atoms. The second-order valence-electron chi connectivity index (χ2n) is 4.95. The zero-order chi connectivity index (χ0) is 13.4. The van der Waals surface area contributed by atoms with E-state index >= 15 is 0 Å². The number of alkyl halides is 1. The van der Waals surface area contributed by atoms with E-state index in [1.165, 1.54) is 25.7 Å². The Labute approximate surface area is 119 Å². The predicted octanol–water partition coefficient (Wildman–Crippen LogP) is 4.26. The van der Waals surface area contributed by atoms with Gasteiger partial charge in [-0.1, -0.05) is 42.6 Å². The number of halogens is 1. The first-order valence-electron chi connectivity index (χ1n) is 6.91. The maximum Gasteiger partial charge on any atom is 0.157 e. The van der Waals surface area contributed by atoms with Crippen LogP contribution in [0.5, 0.6) is 5.75 Å². The van der Waals surface area contributed by atoms with Crippen LogP contribution in [-0.4, -0.2) is 21.7 Å². The summed E-state index contributed by atoms with van der Waals surface area (Å²) < 4.78 is 7.83. The molecule has 0 aliphatic rings. The van der Waals surface area contributed by atoms with Gasteiger partial charge < -0.3 is 4.74 Å². The molecule has 0 aromatic carbocycles. The molecule has 0 unspecified atom stereocenters. The molecule has 0 aliphatic heterocycles. The molecule has 1 rings (SSSR count). The molecule has 0 bridgehead atoms. The number of hydrogen-bond donors (Lipinski definition) is 0. The maximum atomic E-state index is 5.94. The molecule has 0 fully saturated rings. The van der Waals surface area contributed by atoms with E-state index in [1.54, 1.807) is 6.20 Å². The van der Waals surface area contributed by atoms with Gasteiger partial charge in [-0.3, -0.25) is 4.68 Å². The van der Waals surface area contributed by atoms with Gasteiger partial charge >= 0.3 is 0 Å². The Morgan fingerprint density at radius 2 is 1.94 bits per heavy atom. The Kier molecular flexibility index (Phi) is 6.76. The molecule has 0 atom stereocenters. The third-order valence-electron chi connectivity index (χ3n) is 3.32. The number of rotatable bonds is 9. The van der Waals surface area contributed by atoms with Crippen molar-refractivity contribution in [1.82, 2.24) is 9.78 Å². The Morgan fingerprint density at radius 3 is 2.39 bits per heavy atom. The fourth-order valence-corrected chi connectivity index (χ4v) is 3.05. The van der Waals surface area contributed by atoms with Crippen LogP contribution in [0, 0.1) is 5.41 Å². The summed E-state index contributed by atoms with van der Waals surface area (Å²) >= 11 is 3.67. The van der Waals surface area contributed by atoms with Gasteiger partial charge in [-0.25, -0.2) is 0 Å². The summed E-state index contributed by atoms with van der Waals surface area (Å²) in [4.78, 5) is 0. The summed E-state index contributed by atoms with van der Waals surface area (Å²) in [5.41, 5.74) is 0.262. The van der Waals surface area contributed by atoms with Gasteiger partial charge in [0.15, 0.2) is 5.75 Å². The van der Waals surface area contributed by atoms with Crippen LogP contribution in [0.3, 0.4) is 0 Å². The van der Waals surface area contributed by atoms with E-state index in [4.69, 9.17) is 4.74 Å². The molecule has 1 aromatic heterocycles. The van der Waals surface area contributed by atoms with Crippen LogP contribution in [0.25, 0.3) is 0 Å².